The Morgan fingerprint density at radius 3 is 2.74 bits per heavy atom. The van der Waals surface area contributed by atoms with Crippen LogP contribution in [0.3, 0.4) is 0 Å². The third kappa shape index (κ3) is 5.57. The maximum absolute atomic E-state index is 12.3. The van der Waals surface area contributed by atoms with E-state index < -0.39 is 6.61 Å². The van der Waals surface area contributed by atoms with Crippen LogP contribution in [0.1, 0.15) is 25.8 Å². The summed E-state index contributed by atoms with van der Waals surface area (Å²) >= 11 is 5.90. The van der Waals surface area contributed by atoms with E-state index in [0.29, 0.717) is 17.1 Å². The Hall–Kier alpha value is -1.13. The molecule has 0 saturated heterocycles. The van der Waals surface area contributed by atoms with Crippen molar-refractivity contribution in [3.05, 3.63) is 34.4 Å². The number of hydrogen-bond acceptors (Lipinski definition) is 2. The van der Waals surface area contributed by atoms with Crippen LogP contribution in [0.15, 0.2) is 23.8 Å². The van der Waals surface area contributed by atoms with Crippen LogP contribution in [0.2, 0.25) is 5.02 Å². The lowest BCUT2D eigenvalue weighted by Crippen LogP contribution is -2.15. The molecule has 0 aromatic heterocycles. The summed E-state index contributed by atoms with van der Waals surface area (Å²) in [5.41, 5.74) is 1.67. The van der Waals surface area contributed by atoms with Crippen molar-refractivity contribution in [2.24, 2.45) is 0 Å². The first-order valence-corrected chi connectivity index (χ1v) is 6.59. The molecule has 0 aliphatic rings. The molecule has 5 heteroatoms. The van der Waals surface area contributed by atoms with E-state index in [9.17, 15) is 8.78 Å². The number of halogens is 3. The summed E-state index contributed by atoms with van der Waals surface area (Å²) in [6.45, 7) is 2.76. The Morgan fingerprint density at radius 2 is 2.16 bits per heavy atom. The number of hydrogen-bond donors (Lipinski definition) is 1. The number of likely N-dealkylation sites (N-methyl/N-ethyl adjacent to an activating group) is 1. The topological polar surface area (TPSA) is 21.3 Å². The molecule has 19 heavy (non-hydrogen) atoms. The maximum atomic E-state index is 12.3. The molecule has 0 radical (unpaired) electrons. The van der Waals surface area contributed by atoms with Crippen molar-refractivity contribution < 1.29 is 13.5 Å². The van der Waals surface area contributed by atoms with Gasteiger partial charge in [0.15, 0.2) is 0 Å². The fourth-order valence-corrected chi connectivity index (χ4v) is 1.80. The van der Waals surface area contributed by atoms with Gasteiger partial charge in [0, 0.05) is 17.1 Å². The molecule has 1 N–H and O–H groups in total. The Labute approximate surface area is 117 Å². The normalized spacial score (nSPS) is 12.0. The second kappa shape index (κ2) is 8.12. The predicted molar refractivity (Wildman–Crippen MR) is 74.9 cm³/mol. The molecule has 1 aromatic rings. The zero-order chi connectivity index (χ0) is 14.3. The number of benzene rings is 1. The van der Waals surface area contributed by atoms with Gasteiger partial charge in [-0.05, 0) is 31.2 Å². The Bertz CT molecular complexity index is 435. The van der Waals surface area contributed by atoms with Crippen molar-refractivity contribution in [3.63, 3.8) is 0 Å². The summed E-state index contributed by atoms with van der Waals surface area (Å²) in [6, 6.07) is 4.62. The van der Waals surface area contributed by atoms with Gasteiger partial charge in [0.25, 0.3) is 0 Å². The molecule has 0 unspecified atom stereocenters. The molecule has 0 heterocycles. The van der Waals surface area contributed by atoms with Crippen molar-refractivity contribution in [2.45, 2.75) is 26.9 Å². The van der Waals surface area contributed by atoms with Gasteiger partial charge < -0.3 is 10.1 Å². The molecule has 0 atom stereocenters. The molecular weight excluding hydrogens is 272 g/mol. The van der Waals surface area contributed by atoms with E-state index in [2.05, 4.69) is 10.1 Å². The molecule has 1 rings (SSSR count). The highest BCUT2D eigenvalue weighted by Crippen LogP contribution is 2.27. The van der Waals surface area contributed by atoms with Gasteiger partial charge in [0.1, 0.15) is 5.75 Å². The summed E-state index contributed by atoms with van der Waals surface area (Å²) in [5, 5.41) is 3.70. The van der Waals surface area contributed by atoms with Crippen LogP contribution >= 0.6 is 11.6 Å². The average molecular weight is 290 g/mol. The lowest BCUT2D eigenvalue weighted by molar-refractivity contribution is -0.0499. The summed E-state index contributed by atoms with van der Waals surface area (Å²) in [6.07, 6.45) is 2.67. The van der Waals surface area contributed by atoms with E-state index in [4.69, 9.17) is 11.6 Å². The van der Waals surface area contributed by atoms with E-state index in [1.807, 2.05) is 19.9 Å². The van der Waals surface area contributed by atoms with Gasteiger partial charge in [0.2, 0.25) is 0 Å². The number of rotatable bonds is 7. The standard InChI is InChI=1S/C14H18ClF2NO/c1-3-10(9-18-4-2)7-11-8-12(15)5-6-13(11)19-14(16)17/h5-8,14,18H,3-4,9H2,1-2H3. The Kier molecular flexibility index (Phi) is 6.81. The van der Waals surface area contributed by atoms with Crippen molar-refractivity contribution in [1.82, 2.24) is 5.32 Å². The van der Waals surface area contributed by atoms with Crippen molar-refractivity contribution in [2.75, 3.05) is 13.1 Å². The van der Waals surface area contributed by atoms with E-state index >= 15 is 0 Å². The quantitative estimate of drug-likeness (QED) is 0.806. The van der Waals surface area contributed by atoms with Crippen molar-refractivity contribution in [3.8, 4) is 5.75 Å². The van der Waals surface area contributed by atoms with Crippen LogP contribution in [0.25, 0.3) is 6.08 Å². The second-order valence-corrected chi connectivity index (χ2v) is 4.43. The molecule has 0 fully saturated rings. The van der Waals surface area contributed by atoms with Crippen LogP contribution in [0.5, 0.6) is 5.75 Å². The van der Waals surface area contributed by atoms with Crippen LogP contribution in [0.4, 0.5) is 8.78 Å². The Morgan fingerprint density at radius 1 is 1.42 bits per heavy atom. The summed E-state index contributed by atoms with van der Waals surface area (Å²) in [7, 11) is 0. The summed E-state index contributed by atoms with van der Waals surface area (Å²) in [5.74, 6) is 0.141. The van der Waals surface area contributed by atoms with Crippen molar-refractivity contribution in [1.29, 1.82) is 0 Å². The van der Waals surface area contributed by atoms with Crippen LogP contribution in [-0.2, 0) is 0 Å². The van der Waals surface area contributed by atoms with Crippen LogP contribution < -0.4 is 10.1 Å². The SMILES string of the molecule is CCNCC(=Cc1cc(Cl)ccc1OC(F)F)CC. The van der Waals surface area contributed by atoms with Gasteiger partial charge in [-0.1, -0.05) is 37.1 Å². The molecule has 0 spiro atoms. The smallest absolute Gasteiger partial charge is 0.387 e. The first-order chi connectivity index (χ1) is 9.06. The zero-order valence-electron chi connectivity index (χ0n) is 11.1. The predicted octanol–water partition coefficient (Wildman–Crippen LogP) is 4.34. The van der Waals surface area contributed by atoms with Gasteiger partial charge in [-0.3, -0.25) is 0 Å². The fraction of sp³-hybridized carbons (Fsp3) is 0.429. The highest BCUT2D eigenvalue weighted by molar-refractivity contribution is 6.30. The molecule has 0 aliphatic heterocycles. The number of nitrogens with one attached hydrogen (secondary N) is 1. The fourth-order valence-electron chi connectivity index (χ4n) is 1.62. The van der Waals surface area contributed by atoms with Gasteiger partial charge in [0.05, 0.1) is 0 Å². The van der Waals surface area contributed by atoms with E-state index in [1.165, 1.54) is 12.1 Å². The first-order valence-electron chi connectivity index (χ1n) is 6.21. The van der Waals surface area contributed by atoms with E-state index in [0.717, 1.165) is 18.5 Å². The molecule has 0 aliphatic carbocycles. The number of alkyl halides is 2. The average Bonchev–Trinajstić information content (AvgIpc) is 2.37. The minimum Gasteiger partial charge on any atom is -0.434 e. The van der Waals surface area contributed by atoms with Gasteiger partial charge >= 0.3 is 6.61 Å². The summed E-state index contributed by atoms with van der Waals surface area (Å²) in [4.78, 5) is 0. The van der Waals surface area contributed by atoms with Gasteiger partial charge in [-0.25, -0.2) is 0 Å². The molecule has 0 saturated carbocycles. The molecule has 0 amide bonds. The van der Waals surface area contributed by atoms with Crippen molar-refractivity contribution >= 4 is 17.7 Å². The minimum atomic E-state index is -2.84. The van der Waals surface area contributed by atoms with E-state index in [1.54, 1.807) is 6.07 Å². The maximum Gasteiger partial charge on any atom is 0.387 e. The van der Waals surface area contributed by atoms with E-state index in [-0.39, 0.29) is 5.75 Å². The lowest BCUT2D eigenvalue weighted by atomic mass is 10.1. The third-order valence-corrected chi connectivity index (χ3v) is 2.84. The molecule has 0 bridgehead atoms. The second-order valence-electron chi connectivity index (χ2n) is 4.00. The summed E-state index contributed by atoms with van der Waals surface area (Å²) < 4.78 is 29.2. The third-order valence-electron chi connectivity index (χ3n) is 2.60. The Balaban J connectivity index is 3.01. The molecule has 2 nitrogen and oxygen atoms in total. The highest BCUT2D eigenvalue weighted by Gasteiger charge is 2.09. The molecular formula is C14H18ClF2NO. The zero-order valence-corrected chi connectivity index (χ0v) is 11.8. The van der Waals surface area contributed by atoms with Gasteiger partial charge in [-0.15, -0.1) is 0 Å². The number of ether oxygens (including phenoxy) is 1. The van der Waals surface area contributed by atoms with Crippen LogP contribution in [0, 0.1) is 0 Å². The molecule has 1 aromatic carbocycles. The monoisotopic (exact) mass is 289 g/mol. The van der Waals surface area contributed by atoms with Gasteiger partial charge in [-0.2, -0.15) is 8.78 Å². The largest absolute Gasteiger partial charge is 0.434 e. The van der Waals surface area contributed by atoms with Crippen LogP contribution in [-0.4, -0.2) is 19.7 Å². The minimum absolute atomic E-state index is 0.141. The first kappa shape index (κ1) is 15.9. The lowest BCUT2D eigenvalue weighted by Gasteiger charge is -2.11. The molecule has 106 valence electrons. The highest BCUT2D eigenvalue weighted by atomic mass is 35.5.